The van der Waals surface area contributed by atoms with Crippen LogP contribution in [0.15, 0.2) is 12.7 Å². The fourth-order valence-electron chi connectivity index (χ4n) is 0.767. The molecule has 0 aliphatic heterocycles. The molecule has 0 aliphatic rings. The second kappa shape index (κ2) is 6.74. The second-order valence-electron chi connectivity index (χ2n) is 2.66. The molecule has 0 aliphatic carbocycles. The molecule has 1 unspecified atom stereocenters. The molecule has 3 N–H and O–H groups in total. The zero-order valence-corrected chi connectivity index (χ0v) is 7.87. The highest BCUT2D eigenvalue weighted by atomic mass is 19.3. The van der Waals surface area contributed by atoms with Gasteiger partial charge in [0.25, 0.3) is 6.43 Å². The Kier molecular flexibility index (Phi) is 6.00. The standard InChI is InChI=1S/C8H12F2N2O3/c1-2-3-5(7(13)14)12-8(15)11-4-6(9)10/h2,5-6H,1,3-4H2,(H,13,14)(H2,11,12,15). The summed E-state index contributed by atoms with van der Waals surface area (Å²) >= 11 is 0. The molecule has 0 spiro atoms. The average Bonchev–Trinajstić information content (AvgIpc) is 2.14. The van der Waals surface area contributed by atoms with E-state index in [0.29, 0.717) is 0 Å². The largest absolute Gasteiger partial charge is 0.480 e. The van der Waals surface area contributed by atoms with Gasteiger partial charge in [-0.05, 0) is 6.42 Å². The van der Waals surface area contributed by atoms with E-state index in [2.05, 4.69) is 6.58 Å². The monoisotopic (exact) mass is 222 g/mol. The minimum atomic E-state index is -2.67. The van der Waals surface area contributed by atoms with Gasteiger partial charge in [-0.1, -0.05) is 6.08 Å². The van der Waals surface area contributed by atoms with Crippen molar-refractivity contribution in [3.8, 4) is 0 Å². The van der Waals surface area contributed by atoms with E-state index in [9.17, 15) is 18.4 Å². The number of urea groups is 1. The van der Waals surface area contributed by atoms with E-state index < -0.39 is 31.0 Å². The van der Waals surface area contributed by atoms with Crippen molar-refractivity contribution in [3.63, 3.8) is 0 Å². The molecule has 15 heavy (non-hydrogen) atoms. The van der Waals surface area contributed by atoms with E-state index in [-0.39, 0.29) is 6.42 Å². The number of nitrogens with one attached hydrogen (secondary N) is 2. The molecule has 5 nitrogen and oxygen atoms in total. The van der Waals surface area contributed by atoms with Crippen LogP contribution in [0.4, 0.5) is 13.6 Å². The highest BCUT2D eigenvalue weighted by molar-refractivity contribution is 5.82. The maximum atomic E-state index is 11.7. The Morgan fingerprint density at radius 2 is 2.07 bits per heavy atom. The third-order valence-electron chi connectivity index (χ3n) is 1.42. The summed E-state index contributed by atoms with van der Waals surface area (Å²) in [6.45, 7) is 2.50. The van der Waals surface area contributed by atoms with Crippen LogP contribution in [0, 0.1) is 0 Å². The van der Waals surface area contributed by atoms with Crippen LogP contribution in [0.25, 0.3) is 0 Å². The number of carbonyl (C=O) groups is 2. The highest BCUT2D eigenvalue weighted by Crippen LogP contribution is 1.93. The molecule has 0 aromatic heterocycles. The molecule has 0 aromatic carbocycles. The zero-order chi connectivity index (χ0) is 11.8. The van der Waals surface area contributed by atoms with Crippen molar-refractivity contribution in [2.75, 3.05) is 6.54 Å². The van der Waals surface area contributed by atoms with E-state index >= 15 is 0 Å². The highest BCUT2D eigenvalue weighted by Gasteiger charge is 2.18. The van der Waals surface area contributed by atoms with E-state index in [4.69, 9.17) is 5.11 Å². The Labute approximate surface area is 85.2 Å². The van der Waals surface area contributed by atoms with Crippen molar-refractivity contribution in [1.82, 2.24) is 10.6 Å². The molecular weight excluding hydrogens is 210 g/mol. The SMILES string of the molecule is C=CCC(NC(=O)NCC(F)F)C(=O)O. The van der Waals surface area contributed by atoms with Crippen molar-refractivity contribution in [2.24, 2.45) is 0 Å². The first-order valence-electron chi connectivity index (χ1n) is 4.13. The minimum absolute atomic E-state index is 0.0252. The quantitative estimate of drug-likeness (QED) is 0.575. The summed E-state index contributed by atoms with van der Waals surface area (Å²) < 4.78 is 23.3. The van der Waals surface area contributed by atoms with Crippen molar-refractivity contribution in [3.05, 3.63) is 12.7 Å². The lowest BCUT2D eigenvalue weighted by Crippen LogP contribution is -2.46. The van der Waals surface area contributed by atoms with Crippen LogP contribution in [-0.2, 0) is 4.79 Å². The molecule has 0 saturated carbocycles. The summed E-state index contributed by atoms with van der Waals surface area (Å²) in [6, 6.07) is -2.09. The van der Waals surface area contributed by atoms with Crippen LogP contribution >= 0.6 is 0 Å². The number of halogens is 2. The van der Waals surface area contributed by atoms with E-state index in [0.717, 1.165) is 0 Å². The molecule has 7 heteroatoms. The van der Waals surface area contributed by atoms with Crippen LogP contribution in [0.2, 0.25) is 0 Å². The molecule has 1 atom stereocenters. The summed E-state index contributed by atoms with van der Waals surface area (Å²) in [4.78, 5) is 21.4. The van der Waals surface area contributed by atoms with Crippen molar-refractivity contribution >= 4 is 12.0 Å². The first kappa shape index (κ1) is 13.3. The number of carboxylic acids is 1. The summed E-state index contributed by atoms with van der Waals surface area (Å²) in [5, 5.41) is 12.4. The molecule has 0 aromatic rings. The predicted octanol–water partition coefficient (Wildman–Crippen LogP) is 0.580. The molecular formula is C8H12F2N2O3. The molecule has 0 fully saturated rings. The Balaban J connectivity index is 3.99. The fourth-order valence-corrected chi connectivity index (χ4v) is 0.767. The van der Waals surface area contributed by atoms with Gasteiger partial charge in [0.05, 0.1) is 6.54 Å². The third kappa shape index (κ3) is 6.42. The lowest BCUT2D eigenvalue weighted by molar-refractivity contribution is -0.139. The van der Waals surface area contributed by atoms with Crippen LogP contribution < -0.4 is 10.6 Å². The fraction of sp³-hybridized carbons (Fsp3) is 0.500. The molecule has 2 amide bonds. The molecule has 0 radical (unpaired) electrons. The van der Waals surface area contributed by atoms with Gasteiger partial charge in [-0.2, -0.15) is 0 Å². The number of amides is 2. The predicted molar refractivity (Wildman–Crippen MR) is 48.8 cm³/mol. The summed E-state index contributed by atoms with van der Waals surface area (Å²) in [5.41, 5.74) is 0. The van der Waals surface area contributed by atoms with Gasteiger partial charge < -0.3 is 15.7 Å². The van der Waals surface area contributed by atoms with Gasteiger partial charge in [0.1, 0.15) is 6.04 Å². The molecule has 86 valence electrons. The smallest absolute Gasteiger partial charge is 0.326 e. The van der Waals surface area contributed by atoms with Gasteiger partial charge in [-0.15, -0.1) is 6.58 Å². The van der Waals surface area contributed by atoms with E-state index in [1.165, 1.54) is 6.08 Å². The summed E-state index contributed by atoms with van der Waals surface area (Å²) in [7, 11) is 0. The second-order valence-corrected chi connectivity index (χ2v) is 2.66. The van der Waals surface area contributed by atoms with Crippen molar-refractivity contribution < 1.29 is 23.5 Å². The first-order chi connectivity index (χ1) is 6.97. The van der Waals surface area contributed by atoms with E-state index in [1.807, 2.05) is 10.6 Å². The van der Waals surface area contributed by atoms with Crippen LogP contribution in [0.3, 0.4) is 0 Å². The lowest BCUT2D eigenvalue weighted by atomic mass is 10.2. The number of rotatable bonds is 6. The number of alkyl halides is 2. The maximum absolute atomic E-state index is 11.7. The van der Waals surface area contributed by atoms with Crippen molar-refractivity contribution in [2.45, 2.75) is 18.9 Å². The summed E-state index contributed by atoms with van der Waals surface area (Å²) in [5.74, 6) is -1.25. The minimum Gasteiger partial charge on any atom is -0.480 e. The summed E-state index contributed by atoms with van der Waals surface area (Å²) in [6.07, 6.45) is -1.33. The number of hydrogen-bond acceptors (Lipinski definition) is 2. The van der Waals surface area contributed by atoms with Crippen LogP contribution in [0.5, 0.6) is 0 Å². The van der Waals surface area contributed by atoms with Gasteiger partial charge in [0, 0.05) is 0 Å². The molecule has 0 bridgehead atoms. The Morgan fingerprint density at radius 3 is 2.47 bits per heavy atom. The average molecular weight is 222 g/mol. The number of carbonyl (C=O) groups excluding carboxylic acids is 1. The normalized spacial score (nSPS) is 11.9. The van der Waals surface area contributed by atoms with Crippen LogP contribution in [0.1, 0.15) is 6.42 Å². The van der Waals surface area contributed by atoms with Crippen LogP contribution in [-0.4, -0.2) is 36.1 Å². The van der Waals surface area contributed by atoms with Gasteiger partial charge in [-0.25, -0.2) is 18.4 Å². The molecule has 0 rings (SSSR count). The molecule has 0 saturated heterocycles. The van der Waals surface area contributed by atoms with Gasteiger partial charge in [0.2, 0.25) is 0 Å². The van der Waals surface area contributed by atoms with E-state index in [1.54, 1.807) is 0 Å². The third-order valence-corrected chi connectivity index (χ3v) is 1.42. The number of aliphatic carboxylic acids is 1. The zero-order valence-electron chi connectivity index (χ0n) is 7.87. The van der Waals surface area contributed by atoms with Crippen molar-refractivity contribution in [1.29, 1.82) is 0 Å². The maximum Gasteiger partial charge on any atom is 0.326 e. The Bertz CT molecular complexity index is 246. The van der Waals surface area contributed by atoms with Gasteiger partial charge in [-0.3, -0.25) is 0 Å². The van der Waals surface area contributed by atoms with Gasteiger partial charge in [0.15, 0.2) is 0 Å². The topological polar surface area (TPSA) is 78.4 Å². The Hall–Kier alpha value is -1.66. The molecule has 0 heterocycles. The Morgan fingerprint density at radius 1 is 1.47 bits per heavy atom. The first-order valence-corrected chi connectivity index (χ1v) is 4.13. The lowest BCUT2D eigenvalue weighted by Gasteiger charge is -2.12. The number of hydrogen-bond donors (Lipinski definition) is 3. The van der Waals surface area contributed by atoms with Gasteiger partial charge >= 0.3 is 12.0 Å². The number of carboxylic acid groups (broad SMARTS) is 1.